The van der Waals surface area contributed by atoms with Gasteiger partial charge >= 0.3 is 0 Å². The minimum Gasteiger partial charge on any atom is -0.451 e. The van der Waals surface area contributed by atoms with Gasteiger partial charge in [-0.2, -0.15) is 4.98 Å². The summed E-state index contributed by atoms with van der Waals surface area (Å²) in [7, 11) is 0. The van der Waals surface area contributed by atoms with Gasteiger partial charge in [0.15, 0.2) is 5.76 Å². The Kier molecular flexibility index (Phi) is 5.16. The van der Waals surface area contributed by atoms with E-state index in [9.17, 15) is 4.79 Å². The van der Waals surface area contributed by atoms with Gasteiger partial charge in [-0.3, -0.25) is 4.79 Å². The largest absolute Gasteiger partial charge is 0.451 e. The third kappa shape index (κ3) is 3.61. The molecular formula is C24H25N3O3. The van der Waals surface area contributed by atoms with Crippen LogP contribution in [-0.4, -0.2) is 16.0 Å². The molecule has 2 heterocycles. The Bertz CT molecular complexity index is 1210. The van der Waals surface area contributed by atoms with E-state index in [1.54, 1.807) is 0 Å². The second-order valence-corrected chi connectivity index (χ2v) is 8.03. The molecule has 4 aromatic rings. The summed E-state index contributed by atoms with van der Waals surface area (Å²) in [5, 5.41) is 8.09. The SMILES string of the molecule is Cc1cc(C)c2c(C)c(C(=O)NC(c3nc(-c4ccccc4)no3)C(C)C)oc2c1. The van der Waals surface area contributed by atoms with Gasteiger partial charge in [0.05, 0.1) is 0 Å². The molecule has 0 saturated heterocycles. The number of aromatic nitrogens is 2. The lowest BCUT2D eigenvalue weighted by molar-refractivity contribution is 0.0887. The summed E-state index contributed by atoms with van der Waals surface area (Å²) in [6.07, 6.45) is 0. The number of hydrogen-bond acceptors (Lipinski definition) is 5. The number of fused-ring (bicyclic) bond motifs is 1. The zero-order valence-electron chi connectivity index (χ0n) is 17.8. The number of carbonyl (C=O) groups excluding carboxylic acids is 1. The van der Waals surface area contributed by atoms with Gasteiger partial charge < -0.3 is 14.3 Å². The average molecular weight is 403 g/mol. The van der Waals surface area contributed by atoms with Crippen molar-refractivity contribution in [1.29, 1.82) is 0 Å². The summed E-state index contributed by atoms with van der Waals surface area (Å²) < 4.78 is 11.4. The summed E-state index contributed by atoms with van der Waals surface area (Å²) in [5.74, 6) is 0.937. The predicted octanol–water partition coefficient (Wildman–Crippen LogP) is 5.54. The number of furan rings is 1. The lowest BCUT2D eigenvalue weighted by Crippen LogP contribution is -2.32. The van der Waals surface area contributed by atoms with Gasteiger partial charge in [-0.15, -0.1) is 0 Å². The lowest BCUT2D eigenvalue weighted by atomic mass is 10.0. The molecule has 1 N–H and O–H groups in total. The van der Waals surface area contributed by atoms with E-state index >= 15 is 0 Å². The topological polar surface area (TPSA) is 81.2 Å². The van der Waals surface area contributed by atoms with E-state index in [0.717, 1.165) is 33.2 Å². The number of rotatable bonds is 5. The Morgan fingerprint density at radius 1 is 1.07 bits per heavy atom. The summed E-state index contributed by atoms with van der Waals surface area (Å²) in [6, 6.07) is 13.2. The number of nitrogens with one attached hydrogen (secondary N) is 1. The zero-order chi connectivity index (χ0) is 21.4. The van der Waals surface area contributed by atoms with E-state index < -0.39 is 6.04 Å². The number of hydrogen-bond donors (Lipinski definition) is 1. The van der Waals surface area contributed by atoms with Gasteiger partial charge in [0.2, 0.25) is 11.7 Å². The van der Waals surface area contributed by atoms with Gasteiger partial charge in [-0.05, 0) is 43.9 Å². The maximum absolute atomic E-state index is 13.1. The molecule has 6 heteroatoms. The number of benzene rings is 2. The number of aryl methyl sites for hydroxylation is 3. The van der Waals surface area contributed by atoms with Crippen LogP contribution in [0.2, 0.25) is 0 Å². The van der Waals surface area contributed by atoms with Crippen LogP contribution in [0, 0.1) is 26.7 Å². The first-order valence-electron chi connectivity index (χ1n) is 10.1. The fourth-order valence-corrected chi connectivity index (χ4v) is 3.79. The first kappa shape index (κ1) is 19.9. The molecule has 1 amide bonds. The third-order valence-corrected chi connectivity index (χ3v) is 5.27. The summed E-state index contributed by atoms with van der Waals surface area (Å²) >= 11 is 0. The van der Waals surface area contributed by atoms with Crippen molar-refractivity contribution in [1.82, 2.24) is 15.5 Å². The van der Waals surface area contributed by atoms with Crippen molar-refractivity contribution in [3.63, 3.8) is 0 Å². The maximum atomic E-state index is 13.1. The molecule has 30 heavy (non-hydrogen) atoms. The normalized spacial score (nSPS) is 12.5. The number of amides is 1. The Morgan fingerprint density at radius 3 is 2.50 bits per heavy atom. The fourth-order valence-electron chi connectivity index (χ4n) is 3.79. The monoisotopic (exact) mass is 403 g/mol. The molecule has 0 spiro atoms. The molecule has 4 rings (SSSR count). The van der Waals surface area contributed by atoms with Crippen LogP contribution in [0.4, 0.5) is 0 Å². The van der Waals surface area contributed by atoms with E-state index in [-0.39, 0.29) is 11.8 Å². The molecule has 0 saturated carbocycles. The maximum Gasteiger partial charge on any atom is 0.287 e. The Labute approximate surface area is 175 Å². The van der Waals surface area contributed by atoms with Crippen molar-refractivity contribution in [2.24, 2.45) is 5.92 Å². The van der Waals surface area contributed by atoms with Crippen LogP contribution in [0.5, 0.6) is 0 Å². The van der Waals surface area contributed by atoms with E-state index in [0.29, 0.717) is 17.5 Å². The smallest absolute Gasteiger partial charge is 0.287 e. The lowest BCUT2D eigenvalue weighted by Gasteiger charge is -2.17. The van der Waals surface area contributed by atoms with Crippen molar-refractivity contribution in [2.75, 3.05) is 0 Å². The highest BCUT2D eigenvalue weighted by Crippen LogP contribution is 2.30. The van der Waals surface area contributed by atoms with Crippen molar-refractivity contribution >= 4 is 16.9 Å². The van der Waals surface area contributed by atoms with Crippen molar-refractivity contribution in [3.8, 4) is 11.4 Å². The molecule has 0 radical (unpaired) electrons. The average Bonchev–Trinajstić information content (AvgIpc) is 3.31. The first-order valence-corrected chi connectivity index (χ1v) is 10.1. The van der Waals surface area contributed by atoms with Crippen molar-refractivity contribution in [2.45, 2.75) is 40.7 Å². The van der Waals surface area contributed by atoms with Gasteiger partial charge in [0.25, 0.3) is 5.91 Å². The molecule has 0 aliphatic carbocycles. The molecule has 2 aromatic carbocycles. The molecule has 0 bridgehead atoms. The minimum absolute atomic E-state index is 0.0479. The van der Waals surface area contributed by atoms with E-state index in [1.807, 2.05) is 71.0 Å². The quantitative estimate of drug-likeness (QED) is 0.473. The van der Waals surface area contributed by atoms with Gasteiger partial charge in [-0.1, -0.05) is 55.4 Å². The number of nitrogens with zero attached hydrogens (tertiary/aromatic N) is 2. The number of carbonyl (C=O) groups is 1. The highest BCUT2D eigenvalue weighted by molar-refractivity contribution is 6.00. The fraction of sp³-hybridized carbons (Fsp3) is 0.292. The van der Waals surface area contributed by atoms with Crippen LogP contribution >= 0.6 is 0 Å². The van der Waals surface area contributed by atoms with E-state index in [2.05, 4.69) is 21.5 Å². The summed E-state index contributed by atoms with van der Waals surface area (Å²) in [5.41, 5.74) is 4.61. The van der Waals surface area contributed by atoms with Crippen LogP contribution < -0.4 is 5.32 Å². The predicted molar refractivity (Wildman–Crippen MR) is 115 cm³/mol. The second kappa shape index (κ2) is 7.78. The van der Waals surface area contributed by atoms with Gasteiger partial charge in [0, 0.05) is 16.5 Å². The minimum atomic E-state index is -0.432. The third-order valence-electron chi connectivity index (χ3n) is 5.27. The molecule has 0 aliphatic heterocycles. The van der Waals surface area contributed by atoms with Crippen LogP contribution in [0.25, 0.3) is 22.4 Å². The highest BCUT2D eigenvalue weighted by atomic mass is 16.5. The molecule has 0 aliphatic rings. The molecule has 2 aromatic heterocycles. The Hall–Kier alpha value is -3.41. The molecule has 6 nitrogen and oxygen atoms in total. The second-order valence-electron chi connectivity index (χ2n) is 8.03. The standard InChI is InChI=1S/C24H25N3O3/c1-13(2)20(24-26-22(27-30-24)17-9-7-6-8-10-17)25-23(28)21-16(5)19-15(4)11-14(3)12-18(19)29-21/h6-13,20H,1-5H3,(H,25,28). The molecule has 1 unspecified atom stereocenters. The highest BCUT2D eigenvalue weighted by Gasteiger charge is 2.28. The molecule has 0 fully saturated rings. The summed E-state index contributed by atoms with van der Waals surface area (Å²) in [4.78, 5) is 17.6. The van der Waals surface area contributed by atoms with Crippen molar-refractivity contribution in [3.05, 3.63) is 70.8 Å². The molecule has 154 valence electrons. The Balaban J connectivity index is 1.64. The van der Waals surface area contributed by atoms with E-state index in [1.165, 1.54) is 0 Å². The van der Waals surface area contributed by atoms with Gasteiger partial charge in [0.1, 0.15) is 11.6 Å². The van der Waals surface area contributed by atoms with Crippen molar-refractivity contribution < 1.29 is 13.7 Å². The van der Waals surface area contributed by atoms with Crippen LogP contribution in [0.3, 0.4) is 0 Å². The Morgan fingerprint density at radius 2 is 1.80 bits per heavy atom. The van der Waals surface area contributed by atoms with Gasteiger partial charge in [-0.25, -0.2) is 0 Å². The van der Waals surface area contributed by atoms with Crippen LogP contribution in [0.15, 0.2) is 51.4 Å². The summed E-state index contributed by atoms with van der Waals surface area (Å²) in [6.45, 7) is 9.94. The molecular weight excluding hydrogens is 378 g/mol. The zero-order valence-corrected chi connectivity index (χ0v) is 17.8. The van der Waals surface area contributed by atoms with E-state index in [4.69, 9.17) is 8.94 Å². The van der Waals surface area contributed by atoms with Crippen LogP contribution in [0.1, 0.15) is 53.0 Å². The molecule has 1 atom stereocenters. The first-order chi connectivity index (χ1) is 14.3. The van der Waals surface area contributed by atoms with Crippen LogP contribution in [-0.2, 0) is 0 Å².